The molecule has 1 atom stereocenters. The summed E-state index contributed by atoms with van der Waals surface area (Å²) in [5.41, 5.74) is 7.04. The lowest BCUT2D eigenvalue weighted by Crippen LogP contribution is -2.41. The van der Waals surface area contributed by atoms with Gasteiger partial charge in [-0.1, -0.05) is 19.3 Å². The molecule has 1 aromatic carbocycles. The number of fused-ring (bicyclic) bond motifs is 1. The molecule has 26 heavy (non-hydrogen) atoms. The molecule has 2 heterocycles. The van der Waals surface area contributed by atoms with E-state index in [1.807, 2.05) is 0 Å². The number of hydrogen-bond donors (Lipinski definition) is 1. The molecule has 1 aromatic rings. The van der Waals surface area contributed by atoms with Gasteiger partial charge in [0.1, 0.15) is 0 Å². The predicted octanol–water partition coefficient (Wildman–Crippen LogP) is 2.18. The van der Waals surface area contributed by atoms with Gasteiger partial charge >= 0.3 is 0 Å². The molecule has 2 fully saturated rings. The summed E-state index contributed by atoms with van der Waals surface area (Å²) >= 11 is 0. The monoisotopic (exact) mass is 355 g/mol. The van der Waals surface area contributed by atoms with E-state index in [2.05, 4.69) is 0 Å². The van der Waals surface area contributed by atoms with Gasteiger partial charge in [0.25, 0.3) is 17.7 Å². The van der Waals surface area contributed by atoms with Crippen molar-refractivity contribution < 1.29 is 14.4 Å². The molecule has 2 N–H and O–H groups in total. The van der Waals surface area contributed by atoms with Gasteiger partial charge in [-0.3, -0.25) is 19.3 Å². The van der Waals surface area contributed by atoms with E-state index in [-0.39, 0.29) is 29.8 Å². The molecule has 1 saturated heterocycles. The van der Waals surface area contributed by atoms with Crippen LogP contribution in [0.25, 0.3) is 0 Å². The zero-order valence-electron chi connectivity index (χ0n) is 14.9. The van der Waals surface area contributed by atoms with Gasteiger partial charge in [0.05, 0.1) is 11.1 Å². The fourth-order valence-corrected chi connectivity index (χ4v) is 4.58. The van der Waals surface area contributed by atoms with Crippen LogP contribution in [0.15, 0.2) is 18.2 Å². The Labute approximate surface area is 153 Å². The van der Waals surface area contributed by atoms with Crippen LogP contribution in [0.1, 0.15) is 76.0 Å². The van der Waals surface area contributed by atoms with E-state index in [0.29, 0.717) is 29.8 Å². The van der Waals surface area contributed by atoms with Gasteiger partial charge in [-0.15, -0.1) is 0 Å². The van der Waals surface area contributed by atoms with Gasteiger partial charge in [-0.2, -0.15) is 0 Å². The van der Waals surface area contributed by atoms with Gasteiger partial charge in [0.15, 0.2) is 0 Å². The lowest BCUT2D eigenvalue weighted by Gasteiger charge is -2.29. The number of nitrogens with two attached hydrogens (primary N) is 1. The molecule has 0 radical (unpaired) electrons. The zero-order chi connectivity index (χ0) is 18.3. The average molecular weight is 355 g/mol. The summed E-state index contributed by atoms with van der Waals surface area (Å²) in [5.74, 6) is -0.558. The van der Waals surface area contributed by atoms with Gasteiger partial charge in [0, 0.05) is 30.7 Å². The Morgan fingerprint density at radius 3 is 2.46 bits per heavy atom. The van der Waals surface area contributed by atoms with Crippen molar-refractivity contribution in [1.82, 2.24) is 9.80 Å². The van der Waals surface area contributed by atoms with Crippen molar-refractivity contribution in [2.45, 2.75) is 57.0 Å². The lowest BCUT2D eigenvalue weighted by atomic mass is 9.94. The van der Waals surface area contributed by atoms with Crippen LogP contribution in [0.3, 0.4) is 0 Å². The highest BCUT2D eigenvalue weighted by Crippen LogP contribution is 2.32. The molecule has 1 unspecified atom stereocenters. The molecule has 1 aliphatic carbocycles. The first-order chi connectivity index (χ1) is 12.6. The summed E-state index contributed by atoms with van der Waals surface area (Å²) < 4.78 is 0. The number of amides is 3. The first-order valence-corrected chi connectivity index (χ1v) is 9.65. The predicted molar refractivity (Wildman–Crippen MR) is 96.9 cm³/mol. The number of carbonyl (C=O) groups excluding carboxylic acids is 3. The highest BCUT2D eigenvalue weighted by molar-refractivity contribution is 6.22. The number of hydrogen-bond acceptors (Lipinski definition) is 4. The molecule has 3 amide bonds. The lowest BCUT2D eigenvalue weighted by molar-refractivity contribution is 0.0548. The SMILES string of the molecule is NCC1CCCN1C(=O)c1ccc2c(c1)C(=O)N(C1CCCCC1)C2=O. The number of nitrogens with zero attached hydrogens (tertiary/aromatic N) is 2. The molecule has 0 bridgehead atoms. The van der Waals surface area contributed by atoms with Gasteiger partial charge in [-0.25, -0.2) is 0 Å². The number of imide groups is 1. The molecule has 4 rings (SSSR count). The molecule has 3 aliphatic rings. The van der Waals surface area contributed by atoms with Crippen LogP contribution >= 0.6 is 0 Å². The van der Waals surface area contributed by atoms with Crippen molar-refractivity contribution in [3.05, 3.63) is 34.9 Å². The Morgan fingerprint density at radius 2 is 1.73 bits per heavy atom. The smallest absolute Gasteiger partial charge is 0.261 e. The maximum Gasteiger partial charge on any atom is 0.261 e. The fourth-order valence-electron chi connectivity index (χ4n) is 4.58. The number of carbonyl (C=O) groups is 3. The van der Waals surface area contributed by atoms with E-state index in [1.54, 1.807) is 23.1 Å². The van der Waals surface area contributed by atoms with Crippen LogP contribution in [-0.2, 0) is 0 Å². The minimum atomic E-state index is -0.247. The Kier molecular flexibility index (Phi) is 4.53. The molecule has 0 aromatic heterocycles. The third-order valence-electron chi connectivity index (χ3n) is 6.01. The van der Waals surface area contributed by atoms with Gasteiger partial charge < -0.3 is 10.6 Å². The van der Waals surface area contributed by atoms with Crippen molar-refractivity contribution >= 4 is 17.7 Å². The Balaban J connectivity index is 1.60. The van der Waals surface area contributed by atoms with Crippen molar-refractivity contribution in [3.63, 3.8) is 0 Å². The summed E-state index contributed by atoms with van der Waals surface area (Å²) in [5, 5.41) is 0. The molecule has 6 heteroatoms. The maximum absolute atomic E-state index is 12.9. The van der Waals surface area contributed by atoms with Crippen LogP contribution in [0.5, 0.6) is 0 Å². The van der Waals surface area contributed by atoms with Crippen LogP contribution in [0.4, 0.5) is 0 Å². The Bertz CT molecular complexity index is 755. The normalized spacial score (nSPS) is 23.7. The summed E-state index contributed by atoms with van der Waals surface area (Å²) in [6, 6.07) is 4.97. The van der Waals surface area contributed by atoms with Crippen LogP contribution in [-0.4, -0.2) is 52.7 Å². The molecular formula is C20H25N3O3. The number of rotatable bonds is 3. The van der Waals surface area contributed by atoms with Crippen molar-refractivity contribution in [2.24, 2.45) is 5.73 Å². The van der Waals surface area contributed by atoms with E-state index in [9.17, 15) is 14.4 Å². The highest BCUT2D eigenvalue weighted by Gasteiger charge is 2.41. The minimum absolute atomic E-state index is 0.00416. The maximum atomic E-state index is 12.9. The van der Waals surface area contributed by atoms with Crippen LogP contribution in [0, 0.1) is 0 Å². The molecule has 0 spiro atoms. The second kappa shape index (κ2) is 6.83. The van der Waals surface area contributed by atoms with Crippen molar-refractivity contribution in [3.8, 4) is 0 Å². The molecule has 6 nitrogen and oxygen atoms in total. The van der Waals surface area contributed by atoms with Crippen molar-refractivity contribution in [1.29, 1.82) is 0 Å². The highest BCUT2D eigenvalue weighted by atomic mass is 16.2. The fraction of sp³-hybridized carbons (Fsp3) is 0.550. The van der Waals surface area contributed by atoms with E-state index in [4.69, 9.17) is 5.73 Å². The van der Waals surface area contributed by atoms with E-state index in [0.717, 1.165) is 44.9 Å². The summed E-state index contributed by atoms with van der Waals surface area (Å²) in [4.78, 5) is 41.7. The molecular weight excluding hydrogens is 330 g/mol. The quantitative estimate of drug-likeness (QED) is 0.843. The summed E-state index contributed by atoms with van der Waals surface area (Å²) in [6.07, 6.45) is 6.89. The number of benzene rings is 1. The molecule has 1 saturated carbocycles. The largest absolute Gasteiger partial charge is 0.334 e. The third-order valence-corrected chi connectivity index (χ3v) is 6.01. The Hall–Kier alpha value is -2.21. The van der Waals surface area contributed by atoms with E-state index >= 15 is 0 Å². The molecule has 138 valence electrons. The van der Waals surface area contributed by atoms with Gasteiger partial charge in [-0.05, 0) is 43.9 Å². The van der Waals surface area contributed by atoms with Gasteiger partial charge in [0.2, 0.25) is 0 Å². The van der Waals surface area contributed by atoms with Crippen LogP contribution in [0.2, 0.25) is 0 Å². The number of likely N-dealkylation sites (tertiary alicyclic amines) is 1. The standard InChI is InChI=1S/C20H25N3O3/c21-12-15-7-4-10-22(15)18(24)13-8-9-16-17(11-13)20(26)23(19(16)25)14-5-2-1-3-6-14/h8-9,11,14-15H,1-7,10,12,21H2. The summed E-state index contributed by atoms with van der Waals surface area (Å²) in [7, 11) is 0. The van der Waals surface area contributed by atoms with E-state index in [1.165, 1.54) is 4.90 Å². The topological polar surface area (TPSA) is 83.7 Å². The molecule has 2 aliphatic heterocycles. The van der Waals surface area contributed by atoms with E-state index < -0.39 is 0 Å². The second-order valence-corrected chi connectivity index (χ2v) is 7.56. The second-order valence-electron chi connectivity index (χ2n) is 7.56. The average Bonchev–Trinajstić information content (AvgIpc) is 3.25. The zero-order valence-corrected chi connectivity index (χ0v) is 14.9. The minimum Gasteiger partial charge on any atom is -0.334 e. The van der Waals surface area contributed by atoms with Crippen LogP contribution < -0.4 is 5.73 Å². The third kappa shape index (κ3) is 2.72. The first kappa shape index (κ1) is 17.2. The summed E-state index contributed by atoms with van der Waals surface area (Å²) in [6.45, 7) is 1.14. The Morgan fingerprint density at radius 1 is 1.00 bits per heavy atom. The first-order valence-electron chi connectivity index (χ1n) is 9.65. The van der Waals surface area contributed by atoms with Crippen molar-refractivity contribution in [2.75, 3.05) is 13.1 Å².